The van der Waals surface area contributed by atoms with Gasteiger partial charge in [0.25, 0.3) is 5.56 Å². The molecule has 0 atom stereocenters. The number of nitrogen functional groups attached to an aromatic ring is 1. The molecule has 0 bridgehead atoms. The summed E-state index contributed by atoms with van der Waals surface area (Å²) in [6.07, 6.45) is -3.31. The van der Waals surface area contributed by atoms with Crippen molar-refractivity contribution < 1.29 is 17.6 Å². The third-order valence-electron chi connectivity index (χ3n) is 4.21. The molecule has 2 N–H and O–H groups in total. The number of fused-ring (bicyclic) bond motifs is 1. The molecule has 0 radical (unpaired) electrons. The fourth-order valence-electron chi connectivity index (χ4n) is 2.93. The van der Waals surface area contributed by atoms with E-state index >= 15 is 0 Å². The zero-order valence-corrected chi connectivity index (χ0v) is 14.8. The summed E-state index contributed by atoms with van der Waals surface area (Å²) in [4.78, 5) is 16.9. The van der Waals surface area contributed by atoms with Gasteiger partial charge in [-0.25, -0.2) is 4.98 Å². The van der Waals surface area contributed by atoms with Gasteiger partial charge in [0.2, 0.25) is 0 Å². The number of hydrogen-bond acceptors (Lipinski definition) is 4. The lowest BCUT2D eigenvalue weighted by atomic mass is 10.1. The van der Waals surface area contributed by atoms with Crippen molar-refractivity contribution in [3.8, 4) is 17.0 Å². The Kier molecular flexibility index (Phi) is 4.15. The van der Waals surface area contributed by atoms with Gasteiger partial charge in [0.15, 0.2) is 0 Å². The Morgan fingerprint density at radius 3 is 2.39 bits per heavy atom. The lowest BCUT2D eigenvalue weighted by Gasteiger charge is -2.16. The Morgan fingerprint density at radius 2 is 1.79 bits per heavy atom. The quantitative estimate of drug-likeness (QED) is 0.514. The van der Waals surface area contributed by atoms with Crippen LogP contribution < -0.4 is 11.3 Å². The SMILES string of the molecule is Nc1c(-c2ccco2)c(=O)n(-c2ccc(Cl)cc2)c2nc(C(F)(F)F)ccc12. The highest BCUT2D eigenvalue weighted by molar-refractivity contribution is 6.30. The average Bonchev–Trinajstić information content (AvgIpc) is 3.16. The van der Waals surface area contributed by atoms with E-state index in [1.165, 1.54) is 36.6 Å². The lowest BCUT2D eigenvalue weighted by molar-refractivity contribution is -0.141. The van der Waals surface area contributed by atoms with Crippen molar-refractivity contribution in [2.24, 2.45) is 0 Å². The second-order valence-electron chi connectivity index (χ2n) is 5.95. The Morgan fingerprint density at radius 1 is 1.07 bits per heavy atom. The van der Waals surface area contributed by atoms with Crippen LogP contribution in [0.4, 0.5) is 18.9 Å². The van der Waals surface area contributed by atoms with E-state index in [0.717, 1.165) is 10.6 Å². The third-order valence-corrected chi connectivity index (χ3v) is 4.46. The largest absolute Gasteiger partial charge is 0.464 e. The summed E-state index contributed by atoms with van der Waals surface area (Å²) in [5.74, 6) is 0.201. The molecule has 28 heavy (non-hydrogen) atoms. The van der Waals surface area contributed by atoms with E-state index in [1.807, 2.05) is 0 Å². The van der Waals surface area contributed by atoms with Gasteiger partial charge in [-0.2, -0.15) is 13.2 Å². The molecule has 0 aliphatic carbocycles. The lowest BCUT2D eigenvalue weighted by Crippen LogP contribution is -2.24. The van der Waals surface area contributed by atoms with Crippen LogP contribution in [0.1, 0.15) is 5.69 Å². The number of hydrogen-bond donors (Lipinski definition) is 1. The summed E-state index contributed by atoms with van der Waals surface area (Å²) in [6.45, 7) is 0. The third kappa shape index (κ3) is 2.91. The smallest absolute Gasteiger partial charge is 0.433 e. The van der Waals surface area contributed by atoms with Crippen LogP contribution in [-0.4, -0.2) is 9.55 Å². The van der Waals surface area contributed by atoms with Gasteiger partial charge in [0.05, 0.1) is 17.6 Å². The van der Waals surface area contributed by atoms with Crippen LogP contribution in [0.5, 0.6) is 0 Å². The molecule has 9 heteroatoms. The fourth-order valence-corrected chi connectivity index (χ4v) is 3.06. The van der Waals surface area contributed by atoms with Crippen molar-refractivity contribution in [1.82, 2.24) is 9.55 Å². The normalized spacial score (nSPS) is 11.9. The summed E-state index contributed by atoms with van der Waals surface area (Å²) in [7, 11) is 0. The molecule has 5 nitrogen and oxygen atoms in total. The molecule has 0 amide bonds. The van der Waals surface area contributed by atoms with Crippen molar-refractivity contribution in [2.45, 2.75) is 6.18 Å². The predicted molar refractivity (Wildman–Crippen MR) is 99.5 cm³/mol. The van der Waals surface area contributed by atoms with Crippen LogP contribution in [0.15, 0.2) is 64.0 Å². The molecule has 0 aliphatic heterocycles. The molecule has 3 aromatic heterocycles. The highest BCUT2D eigenvalue weighted by Crippen LogP contribution is 2.34. The number of nitrogens with zero attached hydrogens (tertiary/aromatic N) is 2. The summed E-state index contributed by atoms with van der Waals surface area (Å²) in [5, 5.41) is 0.598. The van der Waals surface area contributed by atoms with Crippen molar-refractivity contribution in [3.05, 3.63) is 75.9 Å². The fraction of sp³-hybridized carbons (Fsp3) is 0.0526. The zero-order valence-electron chi connectivity index (χ0n) is 14.0. The van der Waals surface area contributed by atoms with Crippen LogP contribution in [0.2, 0.25) is 5.02 Å². The van der Waals surface area contributed by atoms with Crippen molar-refractivity contribution in [3.63, 3.8) is 0 Å². The van der Waals surface area contributed by atoms with E-state index in [1.54, 1.807) is 12.1 Å². The molecule has 0 fully saturated rings. The van der Waals surface area contributed by atoms with E-state index in [4.69, 9.17) is 21.8 Å². The molecule has 1 aromatic carbocycles. The van der Waals surface area contributed by atoms with Gasteiger partial charge < -0.3 is 10.2 Å². The predicted octanol–water partition coefficient (Wildman–Crippen LogP) is 4.90. The molecule has 0 saturated heterocycles. The summed E-state index contributed by atoms with van der Waals surface area (Å²) in [6, 6.07) is 11.2. The molecule has 4 aromatic rings. The Bertz CT molecular complexity index is 1230. The van der Waals surface area contributed by atoms with E-state index in [-0.39, 0.29) is 28.0 Å². The number of rotatable bonds is 2. The standard InChI is InChI=1S/C19H11ClF3N3O2/c20-10-3-5-11(6-4-10)26-17-12(7-8-14(25-17)19(21,22)23)16(24)15(18(26)27)13-2-1-9-28-13/h1-9H,24H2. The van der Waals surface area contributed by atoms with Gasteiger partial charge in [0, 0.05) is 10.4 Å². The van der Waals surface area contributed by atoms with Gasteiger partial charge in [-0.05, 0) is 48.5 Å². The van der Waals surface area contributed by atoms with Gasteiger partial charge in [-0.3, -0.25) is 9.36 Å². The minimum Gasteiger partial charge on any atom is -0.464 e. The van der Waals surface area contributed by atoms with Crippen LogP contribution in [0, 0.1) is 0 Å². The minimum absolute atomic E-state index is 0.0126. The number of anilines is 1. The van der Waals surface area contributed by atoms with E-state index in [9.17, 15) is 18.0 Å². The minimum atomic E-state index is -4.68. The molecule has 0 saturated carbocycles. The van der Waals surface area contributed by atoms with E-state index < -0.39 is 17.4 Å². The van der Waals surface area contributed by atoms with Gasteiger partial charge >= 0.3 is 6.18 Å². The van der Waals surface area contributed by atoms with Crippen LogP contribution in [-0.2, 0) is 6.18 Å². The maximum Gasteiger partial charge on any atom is 0.433 e. The first kappa shape index (κ1) is 18.1. The Balaban J connectivity index is 2.16. The number of pyridine rings is 2. The maximum atomic E-state index is 13.2. The maximum absolute atomic E-state index is 13.2. The highest BCUT2D eigenvalue weighted by atomic mass is 35.5. The number of halogens is 4. The molecular weight excluding hydrogens is 395 g/mol. The van der Waals surface area contributed by atoms with E-state index in [0.29, 0.717) is 10.7 Å². The number of aromatic nitrogens is 2. The molecule has 0 aliphatic rings. The molecular formula is C19H11ClF3N3O2. The first-order valence-corrected chi connectivity index (χ1v) is 8.37. The second kappa shape index (κ2) is 6.42. The van der Waals surface area contributed by atoms with Gasteiger partial charge in [-0.1, -0.05) is 11.6 Å². The molecule has 142 valence electrons. The highest BCUT2D eigenvalue weighted by Gasteiger charge is 2.33. The topological polar surface area (TPSA) is 74.0 Å². The molecule has 0 spiro atoms. The first-order chi connectivity index (χ1) is 13.3. The van der Waals surface area contributed by atoms with Crippen molar-refractivity contribution >= 4 is 28.3 Å². The molecule has 0 unspecified atom stereocenters. The summed E-state index contributed by atoms with van der Waals surface area (Å²) < 4.78 is 45.9. The number of alkyl halides is 3. The van der Waals surface area contributed by atoms with E-state index in [2.05, 4.69) is 4.98 Å². The Labute approximate surface area is 160 Å². The monoisotopic (exact) mass is 405 g/mol. The van der Waals surface area contributed by atoms with Crippen LogP contribution in [0.25, 0.3) is 28.0 Å². The van der Waals surface area contributed by atoms with Crippen LogP contribution in [0.3, 0.4) is 0 Å². The molecule has 4 rings (SSSR count). The van der Waals surface area contributed by atoms with Gasteiger partial charge in [0.1, 0.15) is 22.7 Å². The van der Waals surface area contributed by atoms with Crippen molar-refractivity contribution in [2.75, 3.05) is 5.73 Å². The second-order valence-corrected chi connectivity index (χ2v) is 6.38. The number of furan rings is 1. The van der Waals surface area contributed by atoms with Gasteiger partial charge in [-0.15, -0.1) is 0 Å². The van der Waals surface area contributed by atoms with Crippen molar-refractivity contribution in [1.29, 1.82) is 0 Å². The first-order valence-electron chi connectivity index (χ1n) is 7.99. The summed E-state index contributed by atoms with van der Waals surface area (Å²) in [5.41, 5.74) is 4.44. The zero-order chi connectivity index (χ0) is 20.1. The number of nitrogens with two attached hydrogens (primary N) is 1. The number of benzene rings is 1. The Hall–Kier alpha value is -3.26. The molecule has 3 heterocycles. The summed E-state index contributed by atoms with van der Waals surface area (Å²) >= 11 is 5.89. The average molecular weight is 406 g/mol. The van der Waals surface area contributed by atoms with Crippen LogP contribution >= 0.6 is 11.6 Å².